The van der Waals surface area contributed by atoms with Gasteiger partial charge in [-0.1, -0.05) is 32.9 Å². The zero-order valence-corrected chi connectivity index (χ0v) is 15.7. The van der Waals surface area contributed by atoms with E-state index in [4.69, 9.17) is 0 Å². The number of likely N-dealkylation sites (tertiary alicyclic amines) is 1. The molecule has 1 amide bonds. The molecule has 1 saturated heterocycles. The molecule has 6 nitrogen and oxygen atoms in total. The number of carboxylic acid groups (broad SMARTS) is 1. The Labute approximate surface area is 148 Å². The van der Waals surface area contributed by atoms with Crippen molar-refractivity contribution in [3.05, 3.63) is 29.8 Å². The van der Waals surface area contributed by atoms with E-state index >= 15 is 0 Å². The second-order valence-electron chi connectivity index (χ2n) is 6.91. The molecule has 1 heterocycles. The summed E-state index contributed by atoms with van der Waals surface area (Å²) in [7, 11) is -3.32. The van der Waals surface area contributed by atoms with Crippen LogP contribution in [0, 0.1) is 11.3 Å². The highest BCUT2D eigenvalue weighted by molar-refractivity contribution is 7.91. The van der Waals surface area contributed by atoms with Gasteiger partial charge in [-0.15, -0.1) is 0 Å². The van der Waals surface area contributed by atoms with E-state index in [0.717, 1.165) is 0 Å². The first kappa shape index (κ1) is 19.4. The second kappa shape index (κ2) is 7.15. The van der Waals surface area contributed by atoms with Crippen molar-refractivity contribution >= 4 is 21.7 Å². The molecule has 0 bridgehead atoms. The summed E-state index contributed by atoms with van der Waals surface area (Å²) in [6.07, 6.45) is 0.511. The van der Waals surface area contributed by atoms with E-state index in [1.165, 1.54) is 12.1 Å². The van der Waals surface area contributed by atoms with E-state index in [2.05, 4.69) is 0 Å². The first-order valence-electron chi connectivity index (χ1n) is 8.45. The molecular formula is C18H25NO5S. The summed E-state index contributed by atoms with van der Waals surface area (Å²) >= 11 is 0. The van der Waals surface area contributed by atoms with Crippen molar-refractivity contribution in [3.8, 4) is 0 Å². The van der Waals surface area contributed by atoms with Crippen LogP contribution >= 0.6 is 0 Å². The molecular weight excluding hydrogens is 342 g/mol. The van der Waals surface area contributed by atoms with Crippen LogP contribution in [0.2, 0.25) is 0 Å². The Hall–Kier alpha value is -1.89. The minimum Gasteiger partial charge on any atom is -0.481 e. The first-order chi connectivity index (χ1) is 11.6. The third kappa shape index (κ3) is 3.86. The smallest absolute Gasteiger partial charge is 0.311 e. The van der Waals surface area contributed by atoms with E-state index in [-0.39, 0.29) is 35.4 Å². The van der Waals surface area contributed by atoms with Crippen LogP contribution in [-0.4, -0.2) is 49.1 Å². The Morgan fingerprint density at radius 2 is 2.00 bits per heavy atom. The lowest BCUT2D eigenvalue weighted by atomic mass is 9.76. The summed E-state index contributed by atoms with van der Waals surface area (Å²) in [6, 6.07) is 6.40. The third-order valence-corrected chi connectivity index (χ3v) is 6.91. The fraction of sp³-hybridized carbons (Fsp3) is 0.556. The minimum atomic E-state index is -3.32. The first-order valence-corrected chi connectivity index (χ1v) is 10.1. The van der Waals surface area contributed by atoms with Crippen molar-refractivity contribution in [1.29, 1.82) is 0 Å². The molecule has 25 heavy (non-hydrogen) atoms. The molecule has 0 spiro atoms. The van der Waals surface area contributed by atoms with Crippen molar-refractivity contribution < 1.29 is 23.1 Å². The van der Waals surface area contributed by atoms with Crippen LogP contribution in [0.1, 0.15) is 32.8 Å². The average Bonchev–Trinajstić information content (AvgIpc) is 3.02. The molecule has 7 heteroatoms. The quantitative estimate of drug-likeness (QED) is 0.830. The number of benzene rings is 1. The van der Waals surface area contributed by atoms with Gasteiger partial charge < -0.3 is 10.0 Å². The van der Waals surface area contributed by atoms with E-state index in [1.54, 1.807) is 24.0 Å². The standard InChI is InChI=1S/C18H25NO5S/c1-4-25(23,24)15-7-5-6-14(10-15)11-16(20)19-9-8-18(12-19,13(2)3)17(21)22/h5-7,10,13H,4,8-9,11-12H2,1-3H3,(H,21,22). The van der Waals surface area contributed by atoms with Gasteiger partial charge in [0.1, 0.15) is 0 Å². The Kier molecular flexibility index (Phi) is 5.56. The zero-order valence-electron chi connectivity index (χ0n) is 14.9. The summed E-state index contributed by atoms with van der Waals surface area (Å²) in [4.78, 5) is 26.0. The average molecular weight is 367 g/mol. The molecule has 1 atom stereocenters. The number of rotatable bonds is 6. The normalized spacial score (nSPS) is 20.9. The fourth-order valence-corrected chi connectivity index (χ4v) is 4.19. The van der Waals surface area contributed by atoms with Gasteiger partial charge in [0, 0.05) is 13.1 Å². The van der Waals surface area contributed by atoms with Crippen LogP contribution in [-0.2, 0) is 25.8 Å². The van der Waals surface area contributed by atoms with Crippen molar-refractivity contribution in [2.75, 3.05) is 18.8 Å². The molecule has 0 saturated carbocycles. The van der Waals surface area contributed by atoms with Crippen LogP contribution in [0.3, 0.4) is 0 Å². The predicted octanol–water partition coefficient (Wildman–Crippen LogP) is 1.98. The lowest BCUT2D eigenvalue weighted by Gasteiger charge is -2.28. The van der Waals surface area contributed by atoms with Crippen LogP contribution in [0.4, 0.5) is 0 Å². The molecule has 1 N–H and O–H groups in total. The third-order valence-electron chi connectivity index (χ3n) is 5.18. The monoisotopic (exact) mass is 367 g/mol. The van der Waals surface area contributed by atoms with Crippen molar-refractivity contribution in [3.63, 3.8) is 0 Å². The van der Waals surface area contributed by atoms with Gasteiger partial charge in [-0.2, -0.15) is 0 Å². The highest BCUT2D eigenvalue weighted by Crippen LogP contribution is 2.38. The Morgan fingerprint density at radius 1 is 1.32 bits per heavy atom. The number of amides is 1. The van der Waals surface area contributed by atoms with Crippen LogP contribution in [0.15, 0.2) is 29.2 Å². The van der Waals surface area contributed by atoms with Gasteiger partial charge in [-0.3, -0.25) is 9.59 Å². The molecule has 1 aliphatic rings. The summed E-state index contributed by atoms with van der Waals surface area (Å²) < 4.78 is 23.9. The second-order valence-corrected chi connectivity index (χ2v) is 9.19. The highest BCUT2D eigenvalue weighted by atomic mass is 32.2. The van der Waals surface area contributed by atoms with Gasteiger partial charge in [-0.25, -0.2) is 8.42 Å². The molecule has 1 unspecified atom stereocenters. The van der Waals surface area contributed by atoms with Gasteiger partial charge >= 0.3 is 5.97 Å². The minimum absolute atomic E-state index is 0.00600. The van der Waals surface area contributed by atoms with Gasteiger partial charge in [-0.05, 0) is 30.0 Å². The Bertz CT molecular complexity index is 771. The number of carbonyl (C=O) groups excluding carboxylic acids is 1. The number of carbonyl (C=O) groups is 2. The fourth-order valence-electron chi connectivity index (χ4n) is 3.24. The topological polar surface area (TPSA) is 91.8 Å². The van der Waals surface area contributed by atoms with E-state index in [0.29, 0.717) is 18.5 Å². The van der Waals surface area contributed by atoms with Gasteiger partial charge in [0.2, 0.25) is 5.91 Å². The lowest BCUT2D eigenvalue weighted by molar-refractivity contribution is -0.151. The molecule has 1 aromatic carbocycles. The van der Waals surface area contributed by atoms with Gasteiger partial charge in [0.15, 0.2) is 9.84 Å². The number of sulfone groups is 1. The van der Waals surface area contributed by atoms with Gasteiger partial charge in [0.05, 0.1) is 22.5 Å². The number of aliphatic carboxylic acids is 1. The number of hydrogen-bond donors (Lipinski definition) is 1. The predicted molar refractivity (Wildman–Crippen MR) is 94.0 cm³/mol. The molecule has 1 aliphatic heterocycles. The molecule has 1 aromatic rings. The summed E-state index contributed by atoms with van der Waals surface area (Å²) in [5.74, 6) is -1.10. The summed E-state index contributed by atoms with van der Waals surface area (Å²) in [6.45, 7) is 5.92. The maximum Gasteiger partial charge on any atom is 0.311 e. The number of nitrogens with zero attached hydrogens (tertiary/aromatic N) is 1. The van der Waals surface area contributed by atoms with E-state index in [9.17, 15) is 23.1 Å². The van der Waals surface area contributed by atoms with Crippen LogP contribution in [0.25, 0.3) is 0 Å². The highest BCUT2D eigenvalue weighted by Gasteiger charge is 2.48. The van der Waals surface area contributed by atoms with Crippen molar-refractivity contribution in [2.24, 2.45) is 11.3 Å². The number of carboxylic acids is 1. The molecule has 0 aromatic heterocycles. The summed E-state index contributed by atoms with van der Waals surface area (Å²) in [5, 5.41) is 9.57. The van der Waals surface area contributed by atoms with Crippen LogP contribution < -0.4 is 0 Å². The Morgan fingerprint density at radius 3 is 2.52 bits per heavy atom. The molecule has 1 fully saturated rings. The van der Waals surface area contributed by atoms with Crippen molar-refractivity contribution in [1.82, 2.24) is 4.90 Å². The molecule has 2 rings (SSSR count). The number of hydrogen-bond acceptors (Lipinski definition) is 4. The molecule has 0 radical (unpaired) electrons. The molecule has 138 valence electrons. The largest absolute Gasteiger partial charge is 0.481 e. The van der Waals surface area contributed by atoms with Gasteiger partial charge in [0.25, 0.3) is 0 Å². The van der Waals surface area contributed by atoms with E-state index in [1.807, 2.05) is 13.8 Å². The van der Waals surface area contributed by atoms with Crippen LogP contribution in [0.5, 0.6) is 0 Å². The lowest BCUT2D eigenvalue weighted by Crippen LogP contribution is -2.41. The summed E-state index contributed by atoms with van der Waals surface area (Å²) in [5.41, 5.74) is -0.278. The van der Waals surface area contributed by atoms with E-state index < -0.39 is 21.2 Å². The Balaban J connectivity index is 2.14. The van der Waals surface area contributed by atoms with Crippen molar-refractivity contribution in [2.45, 2.75) is 38.5 Å². The maximum absolute atomic E-state index is 12.6. The molecule has 0 aliphatic carbocycles. The zero-order chi connectivity index (χ0) is 18.8. The SMILES string of the molecule is CCS(=O)(=O)c1cccc(CC(=O)N2CCC(C(=O)O)(C(C)C)C2)c1. The maximum atomic E-state index is 12.6.